The van der Waals surface area contributed by atoms with Gasteiger partial charge in [-0.3, -0.25) is 9.78 Å². The van der Waals surface area contributed by atoms with Gasteiger partial charge in [-0.05, 0) is 6.07 Å². The first-order valence-corrected chi connectivity index (χ1v) is 8.41. The summed E-state index contributed by atoms with van der Waals surface area (Å²) < 4.78 is 10.3. The molecule has 0 aliphatic heterocycles. The Morgan fingerprint density at radius 2 is 2.00 bits per heavy atom. The van der Waals surface area contributed by atoms with Crippen molar-refractivity contribution in [2.24, 2.45) is 5.10 Å². The van der Waals surface area contributed by atoms with E-state index in [0.717, 1.165) is 0 Å². The lowest BCUT2D eigenvalue weighted by atomic mass is 10.1. The van der Waals surface area contributed by atoms with Gasteiger partial charge >= 0.3 is 0 Å². The molecule has 0 aliphatic carbocycles. The van der Waals surface area contributed by atoms with Crippen LogP contribution < -0.4 is 20.5 Å². The summed E-state index contributed by atoms with van der Waals surface area (Å²) in [5.41, 5.74) is 3.10. The van der Waals surface area contributed by atoms with Gasteiger partial charge < -0.3 is 14.6 Å². The van der Waals surface area contributed by atoms with Crippen molar-refractivity contribution in [3.05, 3.63) is 63.9 Å². The van der Waals surface area contributed by atoms with Crippen LogP contribution in [0.3, 0.4) is 0 Å². The molecule has 0 bridgehead atoms. The van der Waals surface area contributed by atoms with Crippen molar-refractivity contribution in [3.63, 3.8) is 0 Å². The van der Waals surface area contributed by atoms with Gasteiger partial charge in [-0.25, -0.2) is 10.4 Å². The number of nitrogens with one attached hydrogen (secondary N) is 2. The molecule has 1 heterocycles. The van der Waals surface area contributed by atoms with Crippen molar-refractivity contribution in [1.82, 2.24) is 9.97 Å². The second-order valence-electron chi connectivity index (χ2n) is 5.75. The molecular formula is C20H17N5O4. The van der Waals surface area contributed by atoms with Gasteiger partial charge in [0.25, 0.3) is 5.56 Å². The largest absolute Gasteiger partial charge is 0.504 e. The second-order valence-corrected chi connectivity index (χ2v) is 5.75. The van der Waals surface area contributed by atoms with E-state index in [1.54, 1.807) is 30.3 Å². The van der Waals surface area contributed by atoms with Crippen LogP contribution in [0.1, 0.15) is 11.1 Å². The van der Waals surface area contributed by atoms with Crippen molar-refractivity contribution >= 4 is 12.2 Å². The van der Waals surface area contributed by atoms with E-state index in [1.807, 2.05) is 12.1 Å². The van der Waals surface area contributed by atoms with Crippen molar-refractivity contribution < 1.29 is 14.6 Å². The number of ether oxygens (including phenoxy) is 2. The number of aromatic hydroxyl groups is 1. The maximum Gasteiger partial charge on any atom is 0.270 e. The fourth-order valence-corrected chi connectivity index (χ4v) is 2.57. The van der Waals surface area contributed by atoms with Crippen molar-refractivity contribution in [2.45, 2.75) is 0 Å². The number of anilines is 1. The first kappa shape index (κ1) is 19.4. The van der Waals surface area contributed by atoms with Gasteiger partial charge in [-0.1, -0.05) is 30.3 Å². The molecule has 3 rings (SSSR count). The first-order chi connectivity index (χ1) is 14.1. The Kier molecular flexibility index (Phi) is 5.75. The summed E-state index contributed by atoms with van der Waals surface area (Å²) in [6.45, 7) is 0. The van der Waals surface area contributed by atoms with Crippen LogP contribution in [0.25, 0.3) is 11.3 Å². The highest BCUT2D eigenvalue weighted by Gasteiger charge is 2.13. The number of aromatic amines is 1. The zero-order chi connectivity index (χ0) is 20.8. The quantitative estimate of drug-likeness (QED) is 0.434. The summed E-state index contributed by atoms with van der Waals surface area (Å²) in [4.78, 5) is 19.0. The normalized spacial score (nSPS) is 10.5. The number of benzene rings is 2. The van der Waals surface area contributed by atoms with E-state index in [1.165, 1.54) is 26.5 Å². The molecule has 0 amide bonds. The molecule has 0 fully saturated rings. The van der Waals surface area contributed by atoms with Crippen molar-refractivity contribution in [1.29, 1.82) is 5.26 Å². The Hall–Kier alpha value is -4.32. The molecule has 9 heteroatoms. The average molecular weight is 391 g/mol. The smallest absolute Gasteiger partial charge is 0.270 e. The number of H-pyrrole nitrogens is 1. The third-order valence-electron chi connectivity index (χ3n) is 3.99. The summed E-state index contributed by atoms with van der Waals surface area (Å²) in [5, 5.41) is 23.5. The third-order valence-corrected chi connectivity index (χ3v) is 3.99. The summed E-state index contributed by atoms with van der Waals surface area (Å²) in [6, 6.07) is 13.8. The molecule has 3 aromatic rings. The molecular weight excluding hydrogens is 374 g/mol. The summed E-state index contributed by atoms with van der Waals surface area (Å²) in [7, 11) is 2.91. The number of nitrogens with zero attached hydrogens (tertiary/aromatic N) is 3. The van der Waals surface area contributed by atoms with Crippen LogP contribution in [-0.4, -0.2) is 35.5 Å². The number of hydrogen-bond acceptors (Lipinski definition) is 8. The standard InChI is InChI=1S/C20H17N5O4/c1-28-14-8-13(18(26)16(9-14)29-2)11-22-25-20-23-17(12-6-4-3-5-7-12)15(10-21)19(27)24-20/h3-9,11,26H,1-2H3,(H2,23,24,25,27). The molecule has 0 atom stereocenters. The highest BCUT2D eigenvalue weighted by molar-refractivity contribution is 5.86. The zero-order valence-electron chi connectivity index (χ0n) is 15.6. The van der Waals surface area contributed by atoms with E-state index >= 15 is 0 Å². The Labute approximate surface area is 165 Å². The van der Waals surface area contributed by atoms with E-state index in [0.29, 0.717) is 16.9 Å². The molecule has 0 aliphatic rings. The van der Waals surface area contributed by atoms with Crippen molar-refractivity contribution in [3.8, 4) is 34.6 Å². The van der Waals surface area contributed by atoms with Crippen LogP contribution in [0.15, 0.2) is 52.4 Å². The summed E-state index contributed by atoms with van der Waals surface area (Å²) in [6.07, 6.45) is 1.32. The molecule has 29 heavy (non-hydrogen) atoms. The summed E-state index contributed by atoms with van der Waals surface area (Å²) >= 11 is 0. The predicted octanol–water partition coefficient (Wildman–Crippen LogP) is 2.48. The molecule has 9 nitrogen and oxygen atoms in total. The molecule has 1 aromatic heterocycles. The van der Waals surface area contributed by atoms with Gasteiger partial charge in [0.1, 0.15) is 17.4 Å². The van der Waals surface area contributed by atoms with Crippen molar-refractivity contribution in [2.75, 3.05) is 19.6 Å². The van der Waals surface area contributed by atoms with Crippen LogP contribution in [0, 0.1) is 11.3 Å². The number of phenolic OH excluding ortho intramolecular Hbond substituents is 1. The van der Waals surface area contributed by atoms with E-state index in [4.69, 9.17) is 9.47 Å². The van der Waals surface area contributed by atoms with Gasteiger partial charge in [0, 0.05) is 17.2 Å². The lowest BCUT2D eigenvalue weighted by Gasteiger charge is -2.09. The van der Waals surface area contributed by atoms with Crippen LogP contribution in [-0.2, 0) is 0 Å². The van der Waals surface area contributed by atoms with Gasteiger partial charge in [0.05, 0.1) is 26.1 Å². The highest BCUT2D eigenvalue weighted by atomic mass is 16.5. The topological polar surface area (TPSA) is 133 Å². The molecule has 0 saturated carbocycles. The number of rotatable bonds is 6. The highest BCUT2D eigenvalue weighted by Crippen LogP contribution is 2.33. The Balaban J connectivity index is 1.93. The minimum atomic E-state index is -0.593. The fraction of sp³-hybridized carbons (Fsp3) is 0.100. The predicted molar refractivity (Wildman–Crippen MR) is 107 cm³/mol. The number of aromatic nitrogens is 2. The van der Waals surface area contributed by atoms with E-state index < -0.39 is 5.56 Å². The van der Waals surface area contributed by atoms with Gasteiger partial charge in [0.15, 0.2) is 11.5 Å². The Bertz CT molecular complexity index is 1150. The van der Waals surface area contributed by atoms with Crippen LogP contribution in [0.5, 0.6) is 17.2 Å². The zero-order valence-corrected chi connectivity index (χ0v) is 15.6. The maximum absolute atomic E-state index is 12.2. The monoisotopic (exact) mass is 391 g/mol. The molecule has 3 N–H and O–H groups in total. The second kappa shape index (κ2) is 8.58. The van der Waals surface area contributed by atoms with E-state index in [2.05, 4.69) is 20.5 Å². The number of methoxy groups -OCH3 is 2. The number of hydrazone groups is 1. The van der Waals surface area contributed by atoms with Gasteiger partial charge in [-0.2, -0.15) is 10.4 Å². The maximum atomic E-state index is 12.2. The molecule has 2 aromatic carbocycles. The fourth-order valence-electron chi connectivity index (χ4n) is 2.57. The van der Waals surface area contributed by atoms with Crippen LogP contribution in [0.2, 0.25) is 0 Å². The van der Waals surface area contributed by atoms with Crippen LogP contribution in [0.4, 0.5) is 5.95 Å². The third kappa shape index (κ3) is 4.17. The lowest BCUT2D eigenvalue weighted by molar-refractivity contribution is 0.364. The van der Waals surface area contributed by atoms with Crippen LogP contribution >= 0.6 is 0 Å². The SMILES string of the molecule is COc1cc(C=NNc2nc(-c3ccccc3)c(C#N)c(=O)[nH]2)c(O)c(OC)c1. The molecule has 146 valence electrons. The van der Waals surface area contributed by atoms with Gasteiger partial charge in [-0.15, -0.1) is 0 Å². The Morgan fingerprint density at radius 1 is 1.24 bits per heavy atom. The Morgan fingerprint density at radius 3 is 2.66 bits per heavy atom. The number of nitriles is 1. The number of hydrogen-bond donors (Lipinski definition) is 3. The molecule has 0 radical (unpaired) electrons. The first-order valence-electron chi connectivity index (χ1n) is 8.41. The summed E-state index contributed by atoms with van der Waals surface area (Å²) in [5.74, 6) is 0.614. The van der Waals surface area contributed by atoms with Gasteiger partial charge in [0.2, 0.25) is 5.95 Å². The number of phenols is 1. The minimum Gasteiger partial charge on any atom is -0.504 e. The molecule has 0 unspecified atom stereocenters. The molecule has 0 saturated heterocycles. The lowest BCUT2D eigenvalue weighted by Crippen LogP contribution is -2.16. The average Bonchev–Trinajstić information content (AvgIpc) is 2.75. The van der Waals surface area contributed by atoms with E-state index in [9.17, 15) is 15.2 Å². The minimum absolute atomic E-state index is 0.0402. The molecule has 0 spiro atoms. The van der Waals surface area contributed by atoms with E-state index in [-0.39, 0.29) is 28.7 Å².